The summed E-state index contributed by atoms with van der Waals surface area (Å²) in [6, 6.07) is 0.867. The molecule has 0 amide bonds. The molecule has 5 heteroatoms. The van der Waals surface area contributed by atoms with Crippen molar-refractivity contribution in [1.29, 1.82) is 0 Å². The SMILES string of the molecule is CN1[C@@H]2CCCC[C@H]2N(C)P1(=O)/C=C/[C@@H]1[C@@H]2CCCC(=O)[C@]12C. The lowest BCUT2D eigenvalue weighted by Gasteiger charge is -2.28. The van der Waals surface area contributed by atoms with Crippen LogP contribution in [0.3, 0.4) is 0 Å². The molecule has 1 saturated heterocycles. The fraction of sp³-hybridized carbons (Fsp3) is 0.833. The van der Waals surface area contributed by atoms with Crippen molar-refractivity contribution in [3.8, 4) is 0 Å². The van der Waals surface area contributed by atoms with Gasteiger partial charge in [0.2, 0.25) is 7.44 Å². The topological polar surface area (TPSA) is 40.6 Å². The quantitative estimate of drug-likeness (QED) is 0.718. The summed E-state index contributed by atoms with van der Waals surface area (Å²) in [7, 11) is 1.46. The van der Waals surface area contributed by atoms with Gasteiger partial charge in [-0.25, -0.2) is 9.34 Å². The van der Waals surface area contributed by atoms with E-state index >= 15 is 0 Å². The lowest BCUT2D eigenvalue weighted by atomic mass is 9.88. The number of Topliss-reactive ketones (excluding diaryl/α,β-unsaturated/α-hetero) is 1. The van der Waals surface area contributed by atoms with E-state index < -0.39 is 7.44 Å². The van der Waals surface area contributed by atoms with Crippen molar-refractivity contribution in [3.05, 3.63) is 11.9 Å². The predicted octanol–water partition coefficient (Wildman–Crippen LogP) is 3.89. The molecule has 0 aromatic heterocycles. The third kappa shape index (κ3) is 2.11. The third-order valence-corrected chi connectivity index (χ3v) is 10.3. The van der Waals surface area contributed by atoms with Crippen LogP contribution in [0, 0.1) is 17.3 Å². The highest BCUT2D eigenvalue weighted by atomic mass is 31.2. The molecule has 4 rings (SSSR count). The molecule has 0 aromatic carbocycles. The number of nitrogens with zero attached hydrogens (tertiary/aromatic N) is 2. The van der Waals surface area contributed by atoms with E-state index in [9.17, 15) is 9.36 Å². The molecule has 0 unspecified atom stereocenters. The Hall–Kier alpha value is -0.440. The van der Waals surface area contributed by atoms with Crippen molar-refractivity contribution in [2.24, 2.45) is 17.3 Å². The summed E-state index contributed by atoms with van der Waals surface area (Å²) in [6.07, 6.45) is 9.87. The maximum atomic E-state index is 13.6. The molecule has 0 N–H and O–H groups in total. The van der Waals surface area contributed by atoms with Crippen LogP contribution >= 0.6 is 7.44 Å². The van der Waals surface area contributed by atoms with Crippen molar-refractivity contribution in [1.82, 2.24) is 9.34 Å². The number of carbonyl (C=O) groups excluding carboxylic acids is 1. The summed E-state index contributed by atoms with van der Waals surface area (Å²) in [5, 5.41) is 0. The lowest BCUT2D eigenvalue weighted by Crippen LogP contribution is -2.37. The van der Waals surface area contributed by atoms with E-state index in [0.717, 1.165) is 32.1 Å². The molecule has 0 bridgehead atoms. The Balaban J connectivity index is 1.56. The van der Waals surface area contributed by atoms with Gasteiger partial charge in [0.25, 0.3) is 0 Å². The van der Waals surface area contributed by atoms with Crippen LogP contribution in [0.1, 0.15) is 51.9 Å². The molecule has 4 fully saturated rings. The van der Waals surface area contributed by atoms with Gasteiger partial charge in [-0.05, 0) is 51.6 Å². The molecule has 4 nitrogen and oxygen atoms in total. The summed E-state index contributed by atoms with van der Waals surface area (Å²) in [5.41, 5.74) is -0.155. The van der Waals surface area contributed by atoms with E-state index in [0.29, 0.717) is 29.7 Å². The maximum Gasteiger partial charge on any atom is 0.238 e. The van der Waals surface area contributed by atoms with Crippen LogP contribution in [0.5, 0.6) is 0 Å². The zero-order chi connectivity index (χ0) is 16.4. The second kappa shape index (κ2) is 5.28. The average molecular weight is 336 g/mol. The highest BCUT2D eigenvalue weighted by Crippen LogP contribution is 2.68. The molecule has 3 aliphatic carbocycles. The van der Waals surface area contributed by atoms with E-state index in [4.69, 9.17) is 0 Å². The standard InChI is InChI=1S/C18H29N2O2P/c1-18-13(7-6-10-17(18)21)14(18)11-12-23(22)19(2)15-8-4-5-9-16(15)20(23)3/h11-16H,4-10H2,1-3H3/b12-11+/t13-,14+,15+,16+,18-/m0/s1. The number of likely N-dealkylation sites (N-methyl/N-ethyl adjacent to an activating group) is 2. The summed E-state index contributed by atoms with van der Waals surface area (Å²) in [4.78, 5) is 12.3. The van der Waals surface area contributed by atoms with Crippen LogP contribution in [0.4, 0.5) is 0 Å². The minimum Gasteiger partial charge on any atom is -0.299 e. The minimum atomic E-state index is -2.60. The first-order valence-corrected chi connectivity index (χ1v) is 10.9. The number of hydrogen-bond acceptors (Lipinski definition) is 2. The van der Waals surface area contributed by atoms with Crippen molar-refractivity contribution < 1.29 is 9.36 Å². The fourth-order valence-electron chi connectivity index (χ4n) is 5.62. The number of rotatable bonds is 2. The Morgan fingerprint density at radius 2 is 1.70 bits per heavy atom. The minimum absolute atomic E-state index is 0.155. The highest BCUT2D eigenvalue weighted by Gasteiger charge is 2.65. The second-order valence-electron chi connectivity index (χ2n) is 8.23. The van der Waals surface area contributed by atoms with E-state index in [1.54, 1.807) is 0 Å². The van der Waals surface area contributed by atoms with Gasteiger partial charge in [-0.15, -0.1) is 0 Å². The Morgan fingerprint density at radius 3 is 2.26 bits per heavy atom. The van der Waals surface area contributed by atoms with Gasteiger partial charge < -0.3 is 0 Å². The van der Waals surface area contributed by atoms with Crippen LogP contribution in [0.15, 0.2) is 11.9 Å². The monoisotopic (exact) mass is 336 g/mol. The molecule has 0 aromatic rings. The molecule has 23 heavy (non-hydrogen) atoms. The third-order valence-electron chi connectivity index (χ3n) is 7.35. The number of ketones is 1. The smallest absolute Gasteiger partial charge is 0.238 e. The zero-order valence-corrected chi connectivity index (χ0v) is 15.5. The van der Waals surface area contributed by atoms with Crippen LogP contribution in [-0.2, 0) is 9.36 Å². The number of allylic oxidation sites excluding steroid dienone is 1. The van der Waals surface area contributed by atoms with Gasteiger partial charge in [-0.3, -0.25) is 9.36 Å². The Morgan fingerprint density at radius 1 is 1.09 bits per heavy atom. The van der Waals surface area contributed by atoms with Crippen LogP contribution in [-0.4, -0.2) is 41.3 Å². The molecule has 1 heterocycles. The highest BCUT2D eigenvalue weighted by molar-refractivity contribution is 7.62. The first-order valence-electron chi connectivity index (χ1n) is 9.19. The van der Waals surface area contributed by atoms with Gasteiger partial charge >= 0.3 is 0 Å². The molecule has 3 saturated carbocycles. The molecule has 5 atom stereocenters. The van der Waals surface area contributed by atoms with Crippen molar-refractivity contribution >= 4 is 13.2 Å². The molecule has 128 valence electrons. The van der Waals surface area contributed by atoms with Crippen molar-refractivity contribution in [2.45, 2.75) is 64.0 Å². The largest absolute Gasteiger partial charge is 0.299 e. The Kier molecular flexibility index (Phi) is 3.68. The van der Waals surface area contributed by atoms with Crippen molar-refractivity contribution in [2.75, 3.05) is 14.1 Å². The first-order chi connectivity index (χ1) is 10.9. The van der Waals surface area contributed by atoms with Gasteiger partial charge in [-0.1, -0.05) is 25.8 Å². The first kappa shape index (κ1) is 16.1. The second-order valence-corrected chi connectivity index (χ2v) is 11.0. The fourth-order valence-corrected chi connectivity index (χ4v) is 8.29. The number of carbonyl (C=O) groups is 1. The molecular formula is C18H29N2O2P. The van der Waals surface area contributed by atoms with Gasteiger partial charge in [0.05, 0.1) is 0 Å². The number of fused-ring (bicyclic) bond motifs is 2. The molecule has 0 spiro atoms. The predicted molar refractivity (Wildman–Crippen MR) is 92.3 cm³/mol. The van der Waals surface area contributed by atoms with E-state index in [1.165, 1.54) is 12.8 Å². The normalized spacial score (nSPS) is 46.8. The molecule has 1 aliphatic heterocycles. The summed E-state index contributed by atoms with van der Waals surface area (Å²) in [5.74, 6) is 3.20. The van der Waals surface area contributed by atoms with Gasteiger partial charge in [-0.2, -0.15) is 0 Å². The van der Waals surface area contributed by atoms with Gasteiger partial charge in [0, 0.05) is 29.7 Å². The Bertz CT molecular complexity index is 582. The average Bonchev–Trinajstić information content (AvgIpc) is 3.11. The van der Waals surface area contributed by atoms with E-state index in [-0.39, 0.29) is 5.41 Å². The van der Waals surface area contributed by atoms with Crippen LogP contribution in [0.2, 0.25) is 0 Å². The summed E-state index contributed by atoms with van der Waals surface area (Å²) >= 11 is 0. The lowest BCUT2D eigenvalue weighted by molar-refractivity contribution is -0.125. The van der Waals surface area contributed by atoms with Crippen molar-refractivity contribution in [3.63, 3.8) is 0 Å². The molecule has 4 aliphatic rings. The van der Waals surface area contributed by atoms with Crippen LogP contribution in [0.25, 0.3) is 0 Å². The zero-order valence-electron chi connectivity index (χ0n) is 14.6. The molecule has 0 radical (unpaired) electrons. The van der Waals surface area contributed by atoms with Gasteiger partial charge in [0.1, 0.15) is 5.78 Å². The summed E-state index contributed by atoms with van der Waals surface area (Å²) < 4.78 is 17.9. The van der Waals surface area contributed by atoms with E-state index in [2.05, 4.69) is 22.3 Å². The van der Waals surface area contributed by atoms with Gasteiger partial charge in [0.15, 0.2) is 0 Å². The maximum absolute atomic E-state index is 13.6. The Labute approximate surface area is 139 Å². The summed E-state index contributed by atoms with van der Waals surface area (Å²) in [6.45, 7) is 2.12. The van der Waals surface area contributed by atoms with Crippen LogP contribution < -0.4 is 0 Å². The van der Waals surface area contributed by atoms with E-state index in [1.807, 2.05) is 19.9 Å². The molecular weight excluding hydrogens is 307 g/mol. The number of hydrogen-bond donors (Lipinski definition) is 0.